The Morgan fingerprint density at radius 2 is 1.85 bits per heavy atom. The van der Waals surface area contributed by atoms with Crippen LogP contribution in [0.5, 0.6) is 11.5 Å². The van der Waals surface area contributed by atoms with Gasteiger partial charge in [0.05, 0.1) is 23.0 Å². The fraction of sp³-hybridized carbons (Fsp3) is 0.120. The minimum Gasteiger partial charge on any atom is -0.493 e. The van der Waals surface area contributed by atoms with Crippen molar-refractivity contribution in [1.82, 2.24) is 4.90 Å². The molecule has 1 aliphatic rings. The number of thioether (sulfide) groups is 1. The van der Waals surface area contributed by atoms with Gasteiger partial charge < -0.3 is 9.47 Å². The third-order valence-electron chi connectivity index (χ3n) is 4.95. The van der Waals surface area contributed by atoms with Crippen LogP contribution in [0.1, 0.15) is 16.7 Å². The first-order valence-electron chi connectivity index (χ1n) is 10.1. The van der Waals surface area contributed by atoms with E-state index < -0.39 is 0 Å². The Morgan fingerprint density at radius 1 is 1.09 bits per heavy atom. The van der Waals surface area contributed by atoms with Crippen molar-refractivity contribution < 1.29 is 23.5 Å². The van der Waals surface area contributed by atoms with E-state index in [1.54, 1.807) is 54.6 Å². The van der Waals surface area contributed by atoms with Gasteiger partial charge in [0.2, 0.25) is 0 Å². The summed E-state index contributed by atoms with van der Waals surface area (Å²) in [7, 11) is 1.50. The number of rotatable bonds is 7. The molecule has 0 saturated carbocycles. The van der Waals surface area contributed by atoms with Crippen LogP contribution < -0.4 is 9.47 Å². The van der Waals surface area contributed by atoms with Gasteiger partial charge in [-0.15, -0.1) is 0 Å². The highest BCUT2D eigenvalue weighted by molar-refractivity contribution is 9.10. The van der Waals surface area contributed by atoms with Crippen molar-refractivity contribution in [2.75, 3.05) is 7.11 Å². The molecule has 0 aromatic heterocycles. The number of carbonyl (C=O) groups is 2. The number of methoxy groups -OCH3 is 1. The van der Waals surface area contributed by atoms with Crippen LogP contribution in [-0.2, 0) is 17.9 Å². The number of ether oxygens (including phenoxy) is 2. The number of benzene rings is 3. The molecule has 5 nitrogen and oxygen atoms in total. The number of nitrogens with zero attached hydrogens (tertiary/aromatic N) is 1. The predicted molar refractivity (Wildman–Crippen MR) is 134 cm³/mol. The lowest BCUT2D eigenvalue weighted by atomic mass is 10.1. The fourth-order valence-electron chi connectivity index (χ4n) is 3.31. The summed E-state index contributed by atoms with van der Waals surface area (Å²) in [5, 5.41) is 0.243. The van der Waals surface area contributed by atoms with Gasteiger partial charge in [-0.1, -0.05) is 35.9 Å². The first-order chi connectivity index (χ1) is 16.3. The van der Waals surface area contributed by atoms with E-state index >= 15 is 0 Å². The van der Waals surface area contributed by atoms with E-state index in [9.17, 15) is 14.0 Å². The summed E-state index contributed by atoms with van der Waals surface area (Å²) in [4.78, 5) is 26.8. The number of halogens is 3. The van der Waals surface area contributed by atoms with Crippen molar-refractivity contribution in [1.29, 1.82) is 0 Å². The Hall–Kier alpha value is -2.81. The first-order valence-corrected chi connectivity index (χ1v) is 12.1. The van der Waals surface area contributed by atoms with E-state index in [0.717, 1.165) is 17.3 Å². The monoisotopic (exact) mass is 561 g/mol. The van der Waals surface area contributed by atoms with E-state index in [4.69, 9.17) is 21.1 Å². The molecule has 174 valence electrons. The minimum atomic E-state index is -0.369. The maximum absolute atomic E-state index is 13.4. The number of amides is 2. The minimum absolute atomic E-state index is 0.148. The van der Waals surface area contributed by atoms with Gasteiger partial charge in [0.1, 0.15) is 12.4 Å². The van der Waals surface area contributed by atoms with Crippen molar-refractivity contribution in [3.8, 4) is 11.5 Å². The molecule has 1 fully saturated rings. The molecule has 9 heteroatoms. The van der Waals surface area contributed by atoms with Crippen molar-refractivity contribution in [2.45, 2.75) is 13.2 Å². The fourth-order valence-corrected chi connectivity index (χ4v) is 4.84. The summed E-state index contributed by atoms with van der Waals surface area (Å²) < 4.78 is 25.3. The number of carbonyl (C=O) groups excluding carboxylic acids is 2. The van der Waals surface area contributed by atoms with Gasteiger partial charge in [-0.25, -0.2) is 4.39 Å². The van der Waals surface area contributed by atoms with Crippen molar-refractivity contribution in [3.05, 3.63) is 97.6 Å². The molecule has 1 heterocycles. The lowest BCUT2D eigenvalue weighted by molar-refractivity contribution is -0.123. The highest BCUT2D eigenvalue weighted by atomic mass is 79.9. The summed E-state index contributed by atoms with van der Waals surface area (Å²) in [6.45, 7) is 0.314. The van der Waals surface area contributed by atoms with E-state index in [1.165, 1.54) is 24.1 Å². The SMILES string of the molecule is COc1cc(/C=C2\SC(=O)N(Cc3ccc(Cl)cc3)C2=O)cc(Br)c1OCc1cccc(F)c1. The molecule has 34 heavy (non-hydrogen) atoms. The van der Waals surface area contributed by atoms with Crippen LogP contribution in [0.2, 0.25) is 5.02 Å². The van der Waals surface area contributed by atoms with Crippen molar-refractivity contribution in [2.24, 2.45) is 0 Å². The Bertz CT molecular complexity index is 1280. The van der Waals surface area contributed by atoms with Gasteiger partial charge >= 0.3 is 0 Å². The van der Waals surface area contributed by atoms with Crippen molar-refractivity contribution in [3.63, 3.8) is 0 Å². The molecule has 0 atom stereocenters. The average molecular weight is 563 g/mol. The molecule has 4 rings (SSSR count). The zero-order chi connectivity index (χ0) is 24.2. The highest BCUT2D eigenvalue weighted by Gasteiger charge is 2.35. The number of imide groups is 1. The zero-order valence-electron chi connectivity index (χ0n) is 17.9. The molecule has 1 aliphatic heterocycles. The molecule has 0 aliphatic carbocycles. The van der Waals surface area contributed by atoms with Gasteiger partial charge in [-0.2, -0.15) is 0 Å². The topological polar surface area (TPSA) is 55.8 Å². The van der Waals surface area contributed by atoms with Crippen LogP contribution in [0, 0.1) is 5.82 Å². The largest absolute Gasteiger partial charge is 0.493 e. The molecule has 0 spiro atoms. The van der Waals surface area contributed by atoms with Gasteiger partial charge in [0.15, 0.2) is 11.5 Å². The molecule has 3 aromatic rings. The average Bonchev–Trinajstić information content (AvgIpc) is 3.06. The van der Waals surface area contributed by atoms with Crippen LogP contribution in [0.25, 0.3) is 6.08 Å². The highest BCUT2D eigenvalue weighted by Crippen LogP contribution is 2.39. The lowest BCUT2D eigenvalue weighted by Gasteiger charge is -2.14. The number of hydrogen-bond donors (Lipinski definition) is 0. The Morgan fingerprint density at radius 3 is 2.56 bits per heavy atom. The smallest absolute Gasteiger partial charge is 0.293 e. The molecule has 3 aromatic carbocycles. The maximum Gasteiger partial charge on any atom is 0.293 e. The van der Waals surface area contributed by atoms with Crippen LogP contribution in [0.4, 0.5) is 9.18 Å². The zero-order valence-corrected chi connectivity index (χ0v) is 21.0. The molecule has 2 amide bonds. The van der Waals surface area contributed by atoms with Crippen molar-refractivity contribution >= 4 is 56.5 Å². The van der Waals surface area contributed by atoms with E-state index in [1.807, 2.05) is 0 Å². The number of hydrogen-bond acceptors (Lipinski definition) is 5. The Balaban J connectivity index is 1.53. The van der Waals surface area contributed by atoms with Gasteiger partial charge in [0, 0.05) is 5.02 Å². The molecule has 1 saturated heterocycles. The Kier molecular flexibility index (Phi) is 7.60. The molecular weight excluding hydrogens is 545 g/mol. The summed E-state index contributed by atoms with van der Waals surface area (Å²) in [6, 6.07) is 16.6. The second kappa shape index (κ2) is 10.6. The Labute approximate surface area is 213 Å². The molecule has 0 radical (unpaired) electrons. The quantitative estimate of drug-likeness (QED) is 0.288. The van der Waals surface area contributed by atoms with Crippen LogP contribution >= 0.6 is 39.3 Å². The first kappa shape index (κ1) is 24.3. The van der Waals surface area contributed by atoms with Crippen LogP contribution in [0.15, 0.2) is 70.0 Å². The summed E-state index contributed by atoms with van der Waals surface area (Å²) >= 11 is 10.3. The summed E-state index contributed by atoms with van der Waals surface area (Å²) in [5.74, 6) is 0.163. The molecule has 0 unspecified atom stereocenters. The van der Waals surface area contributed by atoms with Gasteiger partial charge in [-0.3, -0.25) is 14.5 Å². The maximum atomic E-state index is 13.4. The lowest BCUT2D eigenvalue weighted by Crippen LogP contribution is -2.27. The van der Waals surface area contributed by atoms with Gasteiger partial charge in [-0.05, 0) is 86.9 Å². The summed E-state index contributed by atoms with van der Waals surface area (Å²) in [6.07, 6.45) is 1.64. The van der Waals surface area contributed by atoms with Crippen LogP contribution in [-0.4, -0.2) is 23.2 Å². The third kappa shape index (κ3) is 5.63. The summed E-state index contributed by atoms with van der Waals surface area (Å²) in [5.41, 5.74) is 2.13. The second-order valence-electron chi connectivity index (χ2n) is 7.35. The van der Waals surface area contributed by atoms with E-state index in [-0.39, 0.29) is 30.1 Å². The van der Waals surface area contributed by atoms with Gasteiger partial charge in [0.25, 0.3) is 11.1 Å². The van der Waals surface area contributed by atoms with E-state index in [2.05, 4.69) is 15.9 Å². The van der Waals surface area contributed by atoms with E-state index in [0.29, 0.717) is 37.0 Å². The molecular formula is C25H18BrClFNO4S. The standard InChI is InChI=1S/C25H18BrClFNO4S/c1-32-21-11-17(10-20(26)23(21)33-14-16-3-2-4-19(28)9-16)12-22-24(30)29(25(31)34-22)13-15-5-7-18(27)8-6-15/h2-12H,13-14H2,1H3/b22-12-. The molecule has 0 bridgehead atoms. The second-order valence-corrected chi connectivity index (χ2v) is 9.63. The molecule has 0 N–H and O–H groups in total. The predicted octanol–water partition coefficient (Wildman–Crippen LogP) is 7.07. The third-order valence-corrected chi connectivity index (χ3v) is 6.70. The normalized spacial score (nSPS) is 14.7. The van der Waals surface area contributed by atoms with Crippen LogP contribution in [0.3, 0.4) is 0 Å².